The lowest BCUT2D eigenvalue weighted by Gasteiger charge is -2.33. The monoisotopic (exact) mass is 426 g/mol. The van der Waals surface area contributed by atoms with Crippen molar-refractivity contribution in [3.05, 3.63) is 42.4 Å². The normalized spacial score (nSPS) is 14.6. The molecule has 4 rings (SSSR count). The van der Waals surface area contributed by atoms with Gasteiger partial charge in [-0.25, -0.2) is 19.7 Å². The number of halogens is 1. The lowest BCUT2D eigenvalue weighted by atomic mass is 9.92. The number of piperidine rings is 1. The Morgan fingerprint density at radius 1 is 1.29 bits per heavy atom. The Bertz CT molecular complexity index is 1020. The lowest BCUT2D eigenvalue weighted by molar-refractivity contribution is 0.252. The number of anilines is 2. The first kappa shape index (κ1) is 20.8. The van der Waals surface area contributed by atoms with Crippen LogP contribution in [0.5, 0.6) is 0 Å². The summed E-state index contributed by atoms with van der Waals surface area (Å²) in [6, 6.07) is 3.31. The molecule has 0 atom stereocenters. The minimum absolute atomic E-state index is 0.259. The van der Waals surface area contributed by atoms with Crippen molar-refractivity contribution in [1.29, 1.82) is 0 Å². The number of H-pyrrole nitrogens is 1. The molecule has 1 fully saturated rings. The van der Waals surface area contributed by atoms with Crippen molar-refractivity contribution < 1.29 is 9.18 Å². The fraction of sp³-hybridized carbons (Fsp3) is 0.429. The predicted octanol–water partition coefficient (Wildman–Crippen LogP) is 2.94. The molecule has 10 heteroatoms. The van der Waals surface area contributed by atoms with Crippen molar-refractivity contribution in [1.82, 2.24) is 29.8 Å². The van der Waals surface area contributed by atoms with Crippen molar-refractivity contribution in [3.8, 4) is 11.5 Å². The van der Waals surface area contributed by atoms with Crippen molar-refractivity contribution in [2.24, 2.45) is 13.0 Å². The third-order valence-corrected chi connectivity index (χ3v) is 5.67. The summed E-state index contributed by atoms with van der Waals surface area (Å²) in [7, 11) is 1.90. The summed E-state index contributed by atoms with van der Waals surface area (Å²) in [4.78, 5) is 29.2. The lowest BCUT2D eigenvalue weighted by Crippen LogP contribution is -2.35. The van der Waals surface area contributed by atoms with Crippen molar-refractivity contribution in [3.63, 3.8) is 0 Å². The molecule has 0 unspecified atom stereocenters. The fourth-order valence-corrected chi connectivity index (χ4v) is 3.93. The van der Waals surface area contributed by atoms with Crippen molar-refractivity contribution in [2.75, 3.05) is 29.9 Å². The Balaban J connectivity index is 1.34. The number of hydrogen-bond acceptors (Lipinski definition) is 5. The Morgan fingerprint density at radius 3 is 2.77 bits per heavy atom. The Labute approximate surface area is 180 Å². The maximum absolute atomic E-state index is 14.6. The highest BCUT2D eigenvalue weighted by Crippen LogP contribution is 2.28. The van der Waals surface area contributed by atoms with Gasteiger partial charge in [-0.3, -0.25) is 5.32 Å². The number of rotatable bonds is 6. The second-order valence-corrected chi connectivity index (χ2v) is 7.70. The molecule has 4 heterocycles. The third-order valence-electron chi connectivity index (χ3n) is 5.67. The first-order valence-corrected chi connectivity index (χ1v) is 10.5. The molecule has 0 radical (unpaired) electrons. The molecule has 1 aliphatic rings. The molecule has 1 saturated heterocycles. The van der Waals surface area contributed by atoms with E-state index in [-0.39, 0.29) is 6.03 Å². The van der Waals surface area contributed by atoms with Crippen LogP contribution in [0.2, 0.25) is 0 Å². The van der Waals surface area contributed by atoms with E-state index >= 15 is 0 Å². The van der Waals surface area contributed by atoms with Gasteiger partial charge in [-0.1, -0.05) is 0 Å². The highest BCUT2D eigenvalue weighted by atomic mass is 19.1. The van der Waals surface area contributed by atoms with Gasteiger partial charge >= 0.3 is 6.03 Å². The molecular formula is C21H27FN8O. The Morgan fingerprint density at radius 2 is 2.10 bits per heavy atom. The van der Waals surface area contributed by atoms with Gasteiger partial charge < -0.3 is 19.8 Å². The molecule has 3 aromatic rings. The maximum Gasteiger partial charge on any atom is 0.321 e. The van der Waals surface area contributed by atoms with Gasteiger partial charge in [0.2, 0.25) is 11.9 Å². The topological polar surface area (TPSA) is 104 Å². The minimum Gasteiger partial charge on any atom is -0.368 e. The average molecular weight is 427 g/mol. The molecule has 9 nitrogen and oxygen atoms in total. The van der Waals surface area contributed by atoms with Crippen LogP contribution in [0.15, 0.2) is 30.7 Å². The van der Waals surface area contributed by atoms with Crippen molar-refractivity contribution >= 4 is 17.7 Å². The second-order valence-electron chi connectivity index (χ2n) is 7.70. The van der Waals surface area contributed by atoms with Crippen LogP contribution in [0, 0.1) is 11.9 Å². The molecule has 0 saturated carbocycles. The van der Waals surface area contributed by atoms with E-state index in [1.807, 2.05) is 24.7 Å². The largest absolute Gasteiger partial charge is 0.368 e. The van der Waals surface area contributed by atoms with Crippen LogP contribution in [0.1, 0.15) is 25.5 Å². The zero-order chi connectivity index (χ0) is 21.8. The van der Waals surface area contributed by atoms with Crippen molar-refractivity contribution in [2.45, 2.75) is 26.2 Å². The smallest absolute Gasteiger partial charge is 0.321 e. The Kier molecular flexibility index (Phi) is 6.15. The van der Waals surface area contributed by atoms with Crippen LogP contribution in [0.3, 0.4) is 0 Å². The van der Waals surface area contributed by atoms with E-state index in [0.717, 1.165) is 38.0 Å². The number of aromatic nitrogens is 5. The van der Waals surface area contributed by atoms with Gasteiger partial charge in [-0.15, -0.1) is 0 Å². The summed E-state index contributed by atoms with van der Waals surface area (Å²) in [5.41, 5.74) is 2.10. The summed E-state index contributed by atoms with van der Waals surface area (Å²) in [5.74, 6) is 1.09. The SMILES string of the molecule is CCNC(=O)Nc1ncc(CC2CCN(c3ccc(-c4ncc[nH]4)nc3F)CC2)n1C. The zero-order valence-corrected chi connectivity index (χ0v) is 17.7. The van der Waals surface area contributed by atoms with Gasteiger partial charge in [-0.2, -0.15) is 4.39 Å². The van der Waals surface area contributed by atoms with Crippen LogP contribution in [-0.2, 0) is 13.5 Å². The van der Waals surface area contributed by atoms with Gasteiger partial charge in [0.05, 0.1) is 11.9 Å². The van der Waals surface area contributed by atoms with Crippen LogP contribution in [0.4, 0.5) is 20.8 Å². The predicted molar refractivity (Wildman–Crippen MR) is 116 cm³/mol. The highest BCUT2D eigenvalue weighted by Gasteiger charge is 2.24. The van der Waals surface area contributed by atoms with E-state index in [0.29, 0.717) is 35.6 Å². The van der Waals surface area contributed by atoms with E-state index in [9.17, 15) is 9.18 Å². The molecule has 31 heavy (non-hydrogen) atoms. The first-order valence-electron chi connectivity index (χ1n) is 10.5. The van der Waals surface area contributed by atoms with Crippen LogP contribution in [0.25, 0.3) is 11.5 Å². The van der Waals surface area contributed by atoms with Gasteiger partial charge in [0.25, 0.3) is 0 Å². The van der Waals surface area contributed by atoms with Gasteiger partial charge in [0.1, 0.15) is 5.69 Å². The van der Waals surface area contributed by atoms with Crippen LogP contribution >= 0.6 is 0 Å². The van der Waals surface area contributed by atoms with E-state index < -0.39 is 5.95 Å². The molecule has 0 spiro atoms. The number of nitrogens with zero attached hydrogens (tertiary/aromatic N) is 5. The van der Waals surface area contributed by atoms with E-state index in [1.54, 1.807) is 24.5 Å². The summed E-state index contributed by atoms with van der Waals surface area (Å²) in [6.45, 7) is 3.96. The molecule has 2 amide bonds. The van der Waals surface area contributed by atoms with Gasteiger partial charge in [0.15, 0.2) is 5.82 Å². The molecule has 0 aliphatic carbocycles. The second kappa shape index (κ2) is 9.15. The molecule has 0 aromatic carbocycles. The molecule has 164 valence electrons. The number of nitrogens with one attached hydrogen (secondary N) is 3. The number of urea groups is 1. The summed E-state index contributed by atoms with van der Waals surface area (Å²) >= 11 is 0. The molecular weight excluding hydrogens is 399 g/mol. The Hall–Kier alpha value is -3.43. The maximum atomic E-state index is 14.6. The number of amides is 2. The first-order chi connectivity index (χ1) is 15.0. The molecule has 1 aliphatic heterocycles. The van der Waals surface area contributed by atoms with E-state index in [1.165, 1.54) is 0 Å². The van der Waals surface area contributed by atoms with E-state index in [4.69, 9.17) is 0 Å². The zero-order valence-electron chi connectivity index (χ0n) is 17.7. The summed E-state index contributed by atoms with van der Waals surface area (Å²) < 4.78 is 16.6. The molecule has 3 aromatic heterocycles. The number of carbonyl (C=O) groups excluding carboxylic acids is 1. The minimum atomic E-state index is -0.472. The number of carbonyl (C=O) groups is 1. The van der Waals surface area contributed by atoms with Crippen LogP contribution < -0.4 is 15.5 Å². The number of aromatic amines is 1. The molecule has 3 N–H and O–H groups in total. The summed E-state index contributed by atoms with van der Waals surface area (Å²) in [5, 5.41) is 5.45. The average Bonchev–Trinajstić information content (AvgIpc) is 3.41. The standard InChI is InChI=1S/C21H27FN8O/c1-3-23-21(31)28-20-26-13-15(29(20)2)12-14-6-10-30(11-7-14)17-5-4-16(27-18(17)22)19-24-8-9-25-19/h4-5,8-9,13-14H,3,6-7,10-12H2,1-2H3,(H,24,25)(H2,23,26,28,31). The number of hydrogen-bond donors (Lipinski definition) is 3. The number of imidazole rings is 2. The van der Waals surface area contributed by atoms with Gasteiger partial charge in [0, 0.05) is 44.8 Å². The quantitative estimate of drug-likeness (QED) is 0.526. The van der Waals surface area contributed by atoms with Crippen LogP contribution in [-0.4, -0.2) is 50.2 Å². The highest BCUT2D eigenvalue weighted by molar-refractivity contribution is 5.87. The fourth-order valence-electron chi connectivity index (χ4n) is 3.93. The van der Waals surface area contributed by atoms with E-state index in [2.05, 4.69) is 35.5 Å². The third kappa shape index (κ3) is 4.68. The number of pyridine rings is 1. The van der Waals surface area contributed by atoms with Gasteiger partial charge in [-0.05, 0) is 44.2 Å². The summed E-state index contributed by atoms with van der Waals surface area (Å²) in [6.07, 6.45) is 7.88. The molecule has 0 bridgehead atoms.